The number of benzene rings is 1. The van der Waals surface area contributed by atoms with Crippen molar-refractivity contribution in [1.29, 1.82) is 0 Å². The molecule has 0 aliphatic carbocycles. The van der Waals surface area contributed by atoms with E-state index in [4.69, 9.17) is 21.1 Å². The first-order valence-electron chi connectivity index (χ1n) is 4.76. The average molecular weight is 294 g/mol. The lowest BCUT2D eigenvalue weighted by molar-refractivity contribution is 0.111. The minimum Gasteiger partial charge on any atom is -0.491 e. The molecule has 0 bridgehead atoms. The van der Waals surface area contributed by atoms with E-state index in [2.05, 4.69) is 15.9 Å². The quantitative estimate of drug-likeness (QED) is 0.591. The van der Waals surface area contributed by atoms with Gasteiger partial charge in [-0.3, -0.25) is 0 Å². The predicted molar refractivity (Wildman–Crippen MR) is 65.9 cm³/mol. The van der Waals surface area contributed by atoms with E-state index in [0.29, 0.717) is 25.7 Å². The number of rotatable bonds is 6. The molecule has 0 radical (unpaired) electrons. The van der Waals surface area contributed by atoms with E-state index in [1.165, 1.54) is 0 Å². The van der Waals surface area contributed by atoms with Gasteiger partial charge in [-0.05, 0) is 30.7 Å². The maximum absolute atomic E-state index is 5.50. The lowest BCUT2D eigenvalue weighted by Gasteiger charge is -2.07. The Morgan fingerprint density at radius 1 is 1.27 bits per heavy atom. The third-order valence-corrected chi connectivity index (χ3v) is 2.89. The van der Waals surface area contributed by atoms with Crippen LogP contribution in [0.25, 0.3) is 0 Å². The molecule has 0 amide bonds. The summed E-state index contributed by atoms with van der Waals surface area (Å²) in [7, 11) is 0. The van der Waals surface area contributed by atoms with Crippen molar-refractivity contribution in [2.45, 2.75) is 6.92 Å². The van der Waals surface area contributed by atoms with Crippen molar-refractivity contribution in [3.63, 3.8) is 0 Å². The summed E-state index contributed by atoms with van der Waals surface area (Å²) in [6.07, 6.45) is 0. The zero-order chi connectivity index (χ0) is 11.1. The Morgan fingerprint density at radius 3 is 2.73 bits per heavy atom. The Morgan fingerprint density at radius 2 is 2.07 bits per heavy atom. The maximum Gasteiger partial charge on any atom is 0.119 e. The highest BCUT2D eigenvalue weighted by molar-refractivity contribution is 9.10. The summed E-state index contributed by atoms with van der Waals surface area (Å²) in [6, 6.07) is 5.90. The lowest BCUT2D eigenvalue weighted by atomic mass is 10.2. The monoisotopic (exact) mass is 292 g/mol. The minimum absolute atomic E-state index is 0.525. The fourth-order valence-electron chi connectivity index (χ4n) is 1.08. The van der Waals surface area contributed by atoms with Gasteiger partial charge in [-0.2, -0.15) is 0 Å². The van der Waals surface area contributed by atoms with Crippen LogP contribution >= 0.6 is 27.5 Å². The normalized spacial score (nSPS) is 10.3. The molecule has 0 saturated heterocycles. The van der Waals surface area contributed by atoms with Crippen molar-refractivity contribution in [3.05, 3.63) is 28.2 Å². The molecule has 1 aromatic carbocycles. The highest BCUT2D eigenvalue weighted by atomic mass is 79.9. The lowest BCUT2D eigenvalue weighted by Crippen LogP contribution is -2.08. The van der Waals surface area contributed by atoms with Crippen LogP contribution in [0.15, 0.2) is 22.7 Å². The van der Waals surface area contributed by atoms with Gasteiger partial charge in [0.05, 0.1) is 13.2 Å². The number of aryl methyl sites for hydroxylation is 1. The number of hydrogen-bond donors (Lipinski definition) is 0. The summed E-state index contributed by atoms with van der Waals surface area (Å²) < 4.78 is 11.8. The van der Waals surface area contributed by atoms with Crippen LogP contribution in [0, 0.1) is 6.92 Å². The van der Waals surface area contributed by atoms with Gasteiger partial charge in [0.1, 0.15) is 12.4 Å². The molecule has 0 atom stereocenters. The van der Waals surface area contributed by atoms with Crippen LogP contribution < -0.4 is 4.74 Å². The number of hydrogen-bond acceptors (Lipinski definition) is 2. The second-order valence-electron chi connectivity index (χ2n) is 3.06. The Hall–Kier alpha value is -0.250. The topological polar surface area (TPSA) is 18.5 Å². The molecule has 0 aliphatic rings. The van der Waals surface area contributed by atoms with Crippen LogP contribution in [0.1, 0.15) is 5.56 Å². The van der Waals surface area contributed by atoms with E-state index in [1.807, 2.05) is 25.1 Å². The van der Waals surface area contributed by atoms with E-state index in [1.54, 1.807) is 0 Å². The predicted octanol–water partition coefficient (Wildman–Crippen LogP) is 3.39. The number of alkyl halides is 1. The van der Waals surface area contributed by atoms with Crippen LogP contribution in [0.5, 0.6) is 5.75 Å². The molecule has 15 heavy (non-hydrogen) atoms. The molecular weight excluding hydrogens is 279 g/mol. The molecule has 0 heterocycles. The van der Waals surface area contributed by atoms with Gasteiger partial charge in [0.25, 0.3) is 0 Å². The number of ether oxygens (including phenoxy) is 2. The Bertz CT molecular complexity index is 305. The summed E-state index contributed by atoms with van der Waals surface area (Å²) >= 11 is 8.90. The van der Waals surface area contributed by atoms with Crippen molar-refractivity contribution >= 4 is 27.5 Å². The molecule has 0 fully saturated rings. The van der Waals surface area contributed by atoms with Gasteiger partial charge in [0.15, 0.2) is 0 Å². The van der Waals surface area contributed by atoms with Crippen LogP contribution in [-0.2, 0) is 4.74 Å². The van der Waals surface area contributed by atoms with Crippen molar-refractivity contribution in [2.75, 3.05) is 25.7 Å². The minimum atomic E-state index is 0.525. The molecule has 0 aromatic heterocycles. The molecule has 1 rings (SSSR count). The first-order valence-corrected chi connectivity index (χ1v) is 6.09. The molecule has 2 nitrogen and oxygen atoms in total. The molecule has 0 spiro atoms. The molecule has 0 unspecified atom stereocenters. The molecule has 0 aliphatic heterocycles. The van der Waals surface area contributed by atoms with Crippen molar-refractivity contribution in [2.24, 2.45) is 0 Å². The Kier molecular flexibility index (Phi) is 6.06. The second-order valence-corrected chi connectivity index (χ2v) is 4.29. The third kappa shape index (κ3) is 4.87. The molecule has 0 N–H and O–H groups in total. The maximum atomic E-state index is 5.50. The van der Waals surface area contributed by atoms with Crippen LogP contribution in [-0.4, -0.2) is 25.7 Å². The third-order valence-electron chi connectivity index (χ3n) is 1.85. The summed E-state index contributed by atoms with van der Waals surface area (Å²) in [4.78, 5) is 0. The van der Waals surface area contributed by atoms with Gasteiger partial charge in [0.2, 0.25) is 0 Å². The van der Waals surface area contributed by atoms with Gasteiger partial charge in [-0.25, -0.2) is 0 Å². The fourth-order valence-corrected chi connectivity index (χ4v) is 1.44. The van der Waals surface area contributed by atoms with E-state index in [-0.39, 0.29) is 0 Å². The largest absolute Gasteiger partial charge is 0.491 e. The molecule has 4 heteroatoms. The summed E-state index contributed by atoms with van der Waals surface area (Å²) in [6.45, 7) is 3.73. The van der Waals surface area contributed by atoms with Gasteiger partial charge in [0, 0.05) is 10.4 Å². The summed E-state index contributed by atoms with van der Waals surface area (Å²) in [5.41, 5.74) is 1.16. The second kappa shape index (κ2) is 7.09. The van der Waals surface area contributed by atoms with Gasteiger partial charge < -0.3 is 9.47 Å². The van der Waals surface area contributed by atoms with Crippen molar-refractivity contribution in [1.82, 2.24) is 0 Å². The standard InChI is InChI=1S/C11H14BrClO2/c1-9-8-10(2-3-11(9)12)15-7-6-14-5-4-13/h2-3,8H,4-7H2,1H3. The van der Waals surface area contributed by atoms with Crippen LogP contribution in [0.2, 0.25) is 0 Å². The fraction of sp³-hybridized carbons (Fsp3) is 0.455. The highest BCUT2D eigenvalue weighted by Gasteiger charge is 1.97. The summed E-state index contributed by atoms with van der Waals surface area (Å²) in [5, 5.41) is 0. The molecule has 0 saturated carbocycles. The average Bonchev–Trinajstić information content (AvgIpc) is 2.23. The highest BCUT2D eigenvalue weighted by Crippen LogP contribution is 2.21. The van der Waals surface area contributed by atoms with Crippen molar-refractivity contribution in [3.8, 4) is 5.75 Å². The van der Waals surface area contributed by atoms with Crippen LogP contribution in [0.4, 0.5) is 0 Å². The smallest absolute Gasteiger partial charge is 0.119 e. The van der Waals surface area contributed by atoms with Gasteiger partial charge in [-0.15, -0.1) is 11.6 Å². The molecular formula is C11H14BrClO2. The summed E-state index contributed by atoms with van der Waals surface area (Å²) in [5.74, 6) is 1.39. The first-order chi connectivity index (χ1) is 7.24. The first kappa shape index (κ1) is 12.8. The van der Waals surface area contributed by atoms with Crippen LogP contribution in [0.3, 0.4) is 0 Å². The van der Waals surface area contributed by atoms with Crippen molar-refractivity contribution < 1.29 is 9.47 Å². The molecule has 1 aromatic rings. The Labute approximate surface area is 104 Å². The zero-order valence-corrected chi connectivity index (χ0v) is 11.0. The Balaban J connectivity index is 2.28. The number of halogens is 2. The molecule has 84 valence electrons. The van der Waals surface area contributed by atoms with E-state index < -0.39 is 0 Å². The van der Waals surface area contributed by atoms with Gasteiger partial charge >= 0.3 is 0 Å². The SMILES string of the molecule is Cc1cc(OCCOCCCl)ccc1Br. The zero-order valence-electron chi connectivity index (χ0n) is 8.63. The van der Waals surface area contributed by atoms with E-state index in [9.17, 15) is 0 Å². The van der Waals surface area contributed by atoms with E-state index >= 15 is 0 Å². The van der Waals surface area contributed by atoms with Gasteiger partial charge in [-0.1, -0.05) is 15.9 Å². The van der Waals surface area contributed by atoms with E-state index in [0.717, 1.165) is 15.8 Å².